The summed E-state index contributed by atoms with van der Waals surface area (Å²) in [6.45, 7) is 4.06. The second kappa shape index (κ2) is 5.33. The van der Waals surface area contributed by atoms with Crippen molar-refractivity contribution in [1.29, 1.82) is 0 Å². The summed E-state index contributed by atoms with van der Waals surface area (Å²) in [5, 5.41) is 3.46. The van der Waals surface area contributed by atoms with E-state index in [-0.39, 0.29) is 18.2 Å². The zero-order valence-corrected chi connectivity index (χ0v) is 10.5. The maximum absolute atomic E-state index is 12.1. The van der Waals surface area contributed by atoms with Crippen molar-refractivity contribution in [3.63, 3.8) is 0 Å². The van der Waals surface area contributed by atoms with Crippen LogP contribution in [-0.4, -0.2) is 24.4 Å². The molecule has 0 bridgehead atoms. The van der Waals surface area contributed by atoms with Gasteiger partial charge in [0.1, 0.15) is 0 Å². The molecule has 0 saturated carbocycles. The fourth-order valence-electron chi connectivity index (χ4n) is 1.90. The number of nitrogens with zero attached hydrogens (tertiary/aromatic N) is 1. The highest BCUT2D eigenvalue weighted by Gasteiger charge is 2.38. The molecule has 1 heterocycles. The molecule has 4 nitrogen and oxygen atoms in total. The summed E-state index contributed by atoms with van der Waals surface area (Å²) in [4.78, 5) is 25.1. The van der Waals surface area contributed by atoms with Gasteiger partial charge in [-0.25, -0.2) is 4.90 Å². The first-order valence-electron chi connectivity index (χ1n) is 5.60. The number of halogens is 1. The molecule has 1 aromatic rings. The molecule has 0 spiro atoms. The lowest BCUT2D eigenvalue weighted by Gasteiger charge is -2.15. The number of amides is 2. The molecule has 1 saturated heterocycles. The minimum atomic E-state index is -0.477. The average molecular weight is 265 g/mol. The summed E-state index contributed by atoms with van der Waals surface area (Å²) >= 11 is 5.86. The maximum atomic E-state index is 12.1. The Hall–Kier alpha value is -1.65. The van der Waals surface area contributed by atoms with E-state index in [9.17, 15) is 9.59 Å². The molecule has 2 rings (SSSR count). The fraction of sp³-hybridized carbons (Fsp3) is 0.231. The first-order valence-corrected chi connectivity index (χ1v) is 5.98. The van der Waals surface area contributed by atoms with Crippen LogP contribution in [0.2, 0.25) is 5.02 Å². The standard InChI is InChI=1S/C13H13ClN2O2/c1-2-6-15-11-8-12(17)16(13(11)18)10-5-3-4-9(14)7-10/h2-5,7,11,15H,1,6,8H2/t11-/m0/s1. The molecule has 2 amide bonds. The Balaban J connectivity index is 2.21. The van der Waals surface area contributed by atoms with Gasteiger partial charge < -0.3 is 5.32 Å². The predicted octanol–water partition coefficient (Wildman–Crippen LogP) is 1.75. The lowest BCUT2D eigenvalue weighted by molar-refractivity contribution is -0.121. The Labute approximate surface area is 110 Å². The topological polar surface area (TPSA) is 49.4 Å². The Morgan fingerprint density at radius 1 is 1.50 bits per heavy atom. The van der Waals surface area contributed by atoms with Gasteiger partial charge in [-0.2, -0.15) is 0 Å². The summed E-state index contributed by atoms with van der Waals surface area (Å²) in [5.74, 6) is -0.465. The van der Waals surface area contributed by atoms with Gasteiger partial charge in [0.05, 0.1) is 18.2 Å². The summed E-state index contributed by atoms with van der Waals surface area (Å²) in [5.41, 5.74) is 0.514. The molecule has 1 N–H and O–H groups in total. The molecule has 0 radical (unpaired) electrons. The van der Waals surface area contributed by atoms with Crippen molar-refractivity contribution in [3.8, 4) is 0 Å². The zero-order valence-electron chi connectivity index (χ0n) is 9.73. The highest BCUT2D eigenvalue weighted by molar-refractivity contribution is 6.31. The largest absolute Gasteiger partial charge is 0.302 e. The molecular formula is C13H13ClN2O2. The maximum Gasteiger partial charge on any atom is 0.251 e. The molecule has 1 aromatic carbocycles. The Morgan fingerprint density at radius 2 is 2.28 bits per heavy atom. The monoisotopic (exact) mass is 264 g/mol. The smallest absolute Gasteiger partial charge is 0.251 e. The first kappa shape index (κ1) is 12.8. The number of hydrogen-bond acceptors (Lipinski definition) is 3. The van der Waals surface area contributed by atoms with Gasteiger partial charge in [-0.15, -0.1) is 6.58 Å². The molecule has 0 unspecified atom stereocenters. The van der Waals surface area contributed by atoms with Crippen LogP contribution >= 0.6 is 11.6 Å². The van der Waals surface area contributed by atoms with E-state index in [0.29, 0.717) is 17.3 Å². The molecule has 1 aliphatic heterocycles. The van der Waals surface area contributed by atoms with Crippen LogP contribution in [0.4, 0.5) is 5.69 Å². The molecule has 5 heteroatoms. The van der Waals surface area contributed by atoms with Gasteiger partial charge in [0.2, 0.25) is 5.91 Å². The van der Waals surface area contributed by atoms with E-state index in [4.69, 9.17) is 11.6 Å². The minimum absolute atomic E-state index is 0.166. The summed E-state index contributed by atoms with van der Waals surface area (Å²) in [7, 11) is 0. The van der Waals surface area contributed by atoms with Crippen molar-refractivity contribution in [2.45, 2.75) is 12.5 Å². The number of benzene rings is 1. The Kier molecular flexibility index (Phi) is 3.79. The van der Waals surface area contributed by atoms with Gasteiger partial charge in [-0.3, -0.25) is 9.59 Å². The third-order valence-electron chi connectivity index (χ3n) is 2.72. The third-order valence-corrected chi connectivity index (χ3v) is 2.96. The van der Waals surface area contributed by atoms with Crippen molar-refractivity contribution in [2.75, 3.05) is 11.4 Å². The van der Waals surface area contributed by atoms with Crippen LogP contribution in [0.1, 0.15) is 6.42 Å². The number of anilines is 1. The molecule has 1 aliphatic rings. The predicted molar refractivity (Wildman–Crippen MR) is 70.5 cm³/mol. The van der Waals surface area contributed by atoms with Gasteiger partial charge in [-0.1, -0.05) is 23.7 Å². The normalized spacial score (nSPS) is 19.4. The van der Waals surface area contributed by atoms with Crippen molar-refractivity contribution >= 4 is 29.1 Å². The van der Waals surface area contributed by atoms with Crippen molar-refractivity contribution in [1.82, 2.24) is 5.32 Å². The second-order valence-corrected chi connectivity index (χ2v) is 4.44. The number of rotatable bonds is 4. The van der Waals surface area contributed by atoms with Crippen molar-refractivity contribution < 1.29 is 9.59 Å². The van der Waals surface area contributed by atoms with Crippen LogP contribution in [0, 0.1) is 0 Å². The molecule has 94 valence electrons. The van der Waals surface area contributed by atoms with E-state index >= 15 is 0 Å². The van der Waals surface area contributed by atoms with E-state index in [2.05, 4.69) is 11.9 Å². The van der Waals surface area contributed by atoms with Gasteiger partial charge in [0, 0.05) is 11.6 Å². The molecule has 0 aromatic heterocycles. The van der Waals surface area contributed by atoms with Gasteiger partial charge >= 0.3 is 0 Å². The third kappa shape index (κ3) is 2.44. The number of carbonyl (C=O) groups excluding carboxylic acids is 2. The lowest BCUT2D eigenvalue weighted by Crippen LogP contribution is -2.38. The molecule has 18 heavy (non-hydrogen) atoms. The van der Waals surface area contributed by atoms with E-state index < -0.39 is 6.04 Å². The lowest BCUT2D eigenvalue weighted by atomic mass is 10.2. The van der Waals surface area contributed by atoms with E-state index in [1.165, 1.54) is 4.90 Å². The average Bonchev–Trinajstić information content (AvgIpc) is 2.62. The summed E-state index contributed by atoms with van der Waals surface area (Å²) in [6, 6.07) is 6.23. The molecule has 1 atom stereocenters. The van der Waals surface area contributed by atoms with Crippen LogP contribution in [-0.2, 0) is 9.59 Å². The minimum Gasteiger partial charge on any atom is -0.302 e. The highest BCUT2D eigenvalue weighted by Crippen LogP contribution is 2.25. The van der Waals surface area contributed by atoms with Crippen LogP contribution < -0.4 is 10.2 Å². The second-order valence-electron chi connectivity index (χ2n) is 4.00. The molecular weight excluding hydrogens is 252 g/mol. The van der Waals surface area contributed by atoms with Gasteiger partial charge in [0.25, 0.3) is 5.91 Å². The number of carbonyl (C=O) groups is 2. The van der Waals surface area contributed by atoms with Crippen LogP contribution in [0.3, 0.4) is 0 Å². The van der Waals surface area contributed by atoms with Crippen LogP contribution in [0.15, 0.2) is 36.9 Å². The van der Waals surface area contributed by atoms with Crippen molar-refractivity contribution in [3.05, 3.63) is 41.9 Å². The van der Waals surface area contributed by atoms with Gasteiger partial charge in [0.15, 0.2) is 0 Å². The Bertz CT molecular complexity index is 502. The van der Waals surface area contributed by atoms with E-state index in [0.717, 1.165) is 0 Å². The summed E-state index contributed by atoms with van der Waals surface area (Å²) in [6.07, 6.45) is 1.82. The number of imide groups is 1. The quantitative estimate of drug-likeness (QED) is 0.666. The zero-order chi connectivity index (χ0) is 13.1. The SMILES string of the molecule is C=CCN[C@H]1CC(=O)N(c2cccc(Cl)c2)C1=O. The highest BCUT2D eigenvalue weighted by atomic mass is 35.5. The fourth-order valence-corrected chi connectivity index (χ4v) is 2.09. The number of nitrogens with one attached hydrogen (secondary N) is 1. The van der Waals surface area contributed by atoms with Gasteiger partial charge in [-0.05, 0) is 18.2 Å². The molecule has 1 fully saturated rings. The Morgan fingerprint density at radius 3 is 2.94 bits per heavy atom. The van der Waals surface area contributed by atoms with Crippen LogP contribution in [0.25, 0.3) is 0 Å². The number of hydrogen-bond donors (Lipinski definition) is 1. The van der Waals surface area contributed by atoms with Crippen LogP contribution in [0.5, 0.6) is 0 Å². The van der Waals surface area contributed by atoms with E-state index in [1.54, 1.807) is 30.3 Å². The molecule has 0 aliphatic carbocycles. The van der Waals surface area contributed by atoms with E-state index in [1.807, 2.05) is 0 Å². The summed E-state index contributed by atoms with van der Waals surface area (Å²) < 4.78 is 0. The van der Waals surface area contributed by atoms with Crippen molar-refractivity contribution in [2.24, 2.45) is 0 Å². The first-order chi connectivity index (χ1) is 8.63.